The SMILES string of the molecule is Cc1sc(NC(=O)C2=NN(c3ccc(F)cc3)C(C(N)=O)C2)c(C(N)=O)c1-c1ccccc1. The zero-order valence-corrected chi connectivity index (χ0v) is 18.4. The second kappa shape index (κ2) is 8.83. The molecule has 10 heteroatoms. The van der Waals surface area contributed by atoms with E-state index in [0.29, 0.717) is 16.3 Å². The number of nitrogens with zero attached hydrogens (tertiary/aromatic N) is 2. The van der Waals surface area contributed by atoms with Gasteiger partial charge in [0, 0.05) is 16.9 Å². The number of thiophene rings is 1. The number of nitrogens with one attached hydrogen (secondary N) is 1. The normalized spacial score (nSPS) is 15.3. The van der Waals surface area contributed by atoms with Crippen LogP contribution in [-0.4, -0.2) is 29.5 Å². The maximum absolute atomic E-state index is 13.3. The molecule has 2 aromatic carbocycles. The lowest BCUT2D eigenvalue weighted by molar-refractivity contribution is -0.119. The van der Waals surface area contributed by atoms with E-state index in [-0.39, 0.29) is 17.7 Å². The van der Waals surface area contributed by atoms with Gasteiger partial charge in [-0.2, -0.15) is 5.10 Å². The summed E-state index contributed by atoms with van der Waals surface area (Å²) in [6.45, 7) is 1.83. The van der Waals surface area contributed by atoms with Crippen LogP contribution in [0, 0.1) is 12.7 Å². The molecule has 0 saturated heterocycles. The predicted molar refractivity (Wildman–Crippen MR) is 126 cm³/mol. The minimum atomic E-state index is -0.906. The van der Waals surface area contributed by atoms with Crippen LogP contribution in [0.3, 0.4) is 0 Å². The molecular formula is C23H20FN5O3S. The Labute approximate surface area is 192 Å². The van der Waals surface area contributed by atoms with Crippen molar-refractivity contribution in [1.29, 1.82) is 0 Å². The van der Waals surface area contributed by atoms with Gasteiger partial charge in [-0.05, 0) is 36.8 Å². The summed E-state index contributed by atoms with van der Waals surface area (Å²) in [7, 11) is 0. The quantitative estimate of drug-likeness (QED) is 0.516. The number of carbonyl (C=O) groups is 3. The molecule has 4 rings (SSSR count). The van der Waals surface area contributed by atoms with Gasteiger partial charge >= 0.3 is 0 Å². The number of nitrogens with two attached hydrogens (primary N) is 2. The first-order valence-electron chi connectivity index (χ1n) is 9.97. The van der Waals surface area contributed by atoms with Crippen molar-refractivity contribution in [1.82, 2.24) is 0 Å². The standard InChI is InChI=1S/C23H20FN5O3S/c1-12-18(13-5-3-2-4-6-13)19(21(26)31)23(33-12)27-22(32)16-11-17(20(25)30)29(28-16)15-9-7-14(24)8-10-15/h2-10,17H,11H2,1H3,(H2,25,30)(H2,26,31)(H,27,32). The number of hydrogen-bond acceptors (Lipinski definition) is 6. The molecule has 3 amide bonds. The van der Waals surface area contributed by atoms with Crippen molar-refractivity contribution < 1.29 is 18.8 Å². The first kappa shape index (κ1) is 22.2. The van der Waals surface area contributed by atoms with Crippen molar-refractivity contribution in [2.24, 2.45) is 16.6 Å². The molecule has 5 N–H and O–H groups in total. The molecular weight excluding hydrogens is 445 g/mol. The number of benzene rings is 2. The van der Waals surface area contributed by atoms with Gasteiger partial charge in [-0.3, -0.25) is 19.4 Å². The van der Waals surface area contributed by atoms with E-state index in [4.69, 9.17) is 11.5 Å². The van der Waals surface area contributed by atoms with Crippen molar-refractivity contribution in [3.05, 3.63) is 70.9 Å². The maximum Gasteiger partial charge on any atom is 0.272 e. The lowest BCUT2D eigenvalue weighted by Gasteiger charge is -2.20. The lowest BCUT2D eigenvalue weighted by Crippen LogP contribution is -2.39. The number of aryl methyl sites for hydroxylation is 1. The van der Waals surface area contributed by atoms with Crippen LogP contribution in [0.4, 0.5) is 15.1 Å². The number of primary amides is 2. The highest BCUT2D eigenvalue weighted by Crippen LogP contribution is 2.39. The van der Waals surface area contributed by atoms with Gasteiger partial charge in [-0.15, -0.1) is 11.3 Å². The third-order valence-electron chi connectivity index (χ3n) is 5.21. The molecule has 1 aliphatic heterocycles. The molecule has 0 saturated carbocycles. The van der Waals surface area contributed by atoms with Gasteiger partial charge in [-0.1, -0.05) is 30.3 Å². The topological polar surface area (TPSA) is 131 Å². The highest BCUT2D eigenvalue weighted by atomic mass is 32.1. The fraction of sp³-hybridized carbons (Fsp3) is 0.130. The van der Waals surface area contributed by atoms with E-state index in [1.54, 1.807) is 0 Å². The van der Waals surface area contributed by atoms with Gasteiger partial charge < -0.3 is 16.8 Å². The summed E-state index contributed by atoms with van der Waals surface area (Å²) >= 11 is 1.22. The molecule has 0 radical (unpaired) electrons. The Bertz CT molecular complexity index is 1270. The number of halogens is 1. The first-order valence-corrected chi connectivity index (χ1v) is 10.8. The zero-order valence-electron chi connectivity index (χ0n) is 17.5. The number of carbonyl (C=O) groups excluding carboxylic acids is 3. The molecule has 2 heterocycles. The van der Waals surface area contributed by atoms with Crippen LogP contribution in [-0.2, 0) is 9.59 Å². The molecule has 0 aliphatic carbocycles. The fourth-order valence-electron chi connectivity index (χ4n) is 3.70. The van der Waals surface area contributed by atoms with Crippen LogP contribution in [0.1, 0.15) is 21.7 Å². The van der Waals surface area contributed by atoms with Gasteiger partial charge in [0.05, 0.1) is 11.3 Å². The van der Waals surface area contributed by atoms with Crippen LogP contribution in [0.5, 0.6) is 0 Å². The summed E-state index contributed by atoms with van der Waals surface area (Å²) in [5, 5.41) is 8.55. The van der Waals surface area contributed by atoms with Gasteiger partial charge in [0.25, 0.3) is 11.8 Å². The van der Waals surface area contributed by atoms with Crippen molar-refractivity contribution in [3.63, 3.8) is 0 Å². The first-order chi connectivity index (χ1) is 15.8. The molecule has 1 atom stereocenters. The average molecular weight is 466 g/mol. The van der Waals surface area contributed by atoms with E-state index in [1.807, 2.05) is 37.3 Å². The zero-order chi connectivity index (χ0) is 23.7. The largest absolute Gasteiger partial charge is 0.368 e. The Balaban J connectivity index is 1.66. The van der Waals surface area contributed by atoms with Crippen molar-refractivity contribution in [2.45, 2.75) is 19.4 Å². The third-order valence-corrected chi connectivity index (χ3v) is 6.23. The molecule has 0 fully saturated rings. The number of hydrazone groups is 1. The maximum atomic E-state index is 13.3. The van der Waals surface area contributed by atoms with Gasteiger partial charge in [0.1, 0.15) is 22.6 Å². The van der Waals surface area contributed by atoms with Crippen molar-refractivity contribution in [2.75, 3.05) is 10.3 Å². The van der Waals surface area contributed by atoms with Crippen molar-refractivity contribution in [3.8, 4) is 11.1 Å². The second-order valence-corrected chi connectivity index (χ2v) is 8.64. The van der Waals surface area contributed by atoms with Crippen LogP contribution >= 0.6 is 11.3 Å². The molecule has 0 bridgehead atoms. The Hall–Kier alpha value is -4.05. The van der Waals surface area contributed by atoms with Crippen LogP contribution in [0.15, 0.2) is 59.7 Å². The van der Waals surface area contributed by atoms with Gasteiger partial charge in [-0.25, -0.2) is 4.39 Å². The highest BCUT2D eigenvalue weighted by molar-refractivity contribution is 7.17. The monoisotopic (exact) mass is 465 g/mol. The molecule has 1 aliphatic rings. The van der Waals surface area contributed by atoms with E-state index < -0.39 is 29.6 Å². The Morgan fingerprint density at radius 1 is 1.09 bits per heavy atom. The molecule has 3 aromatic rings. The summed E-state index contributed by atoms with van der Waals surface area (Å²) in [4.78, 5) is 38.1. The average Bonchev–Trinajstić information content (AvgIpc) is 3.37. The number of anilines is 2. The van der Waals surface area contributed by atoms with Gasteiger partial charge in [0.2, 0.25) is 5.91 Å². The van der Waals surface area contributed by atoms with Crippen LogP contribution in [0.25, 0.3) is 11.1 Å². The van der Waals surface area contributed by atoms with Gasteiger partial charge in [0.15, 0.2) is 0 Å². The lowest BCUT2D eigenvalue weighted by atomic mass is 10.0. The summed E-state index contributed by atoms with van der Waals surface area (Å²) in [5.41, 5.74) is 13.3. The second-order valence-electron chi connectivity index (χ2n) is 7.41. The Kier molecular flexibility index (Phi) is 5.93. The molecule has 0 spiro atoms. The summed E-state index contributed by atoms with van der Waals surface area (Å²) in [6.07, 6.45) is -0.0413. The molecule has 168 valence electrons. The summed E-state index contributed by atoms with van der Waals surface area (Å²) in [5.74, 6) is -2.39. The van der Waals surface area contributed by atoms with E-state index in [1.165, 1.54) is 40.6 Å². The fourth-order valence-corrected chi connectivity index (χ4v) is 4.77. The predicted octanol–water partition coefficient (Wildman–Crippen LogP) is 3.02. The summed E-state index contributed by atoms with van der Waals surface area (Å²) in [6, 6.07) is 13.7. The van der Waals surface area contributed by atoms with E-state index in [2.05, 4.69) is 10.4 Å². The summed E-state index contributed by atoms with van der Waals surface area (Å²) < 4.78 is 13.3. The third kappa shape index (κ3) is 4.33. The Morgan fingerprint density at radius 3 is 2.36 bits per heavy atom. The minimum Gasteiger partial charge on any atom is -0.368 e. The van der Waals surface area contributed by atoms with E-state index >= 15 is 0 Å². The number of hydrogen-bond donors (Lipinski definition) is 3. The smallest absolute Gasteiger partial charge is 0.272 e. The van der Waals surface area contributed by atoms with Crippen LogP contribution < -0.4 is 21.8 Å². The molecule has 1 aromatic heterocycles. The minimum absolute atomic E-state index is 0.0413. The highest BCUT2D eigenvalue weighted by Gasteiger charge is 2.35. The number of rotatable bonds is 6. The number of amides is 3. The van der Waals surface area contributed by atoms with Crippen LogP contribution in [0.2, 0.25) is 0 Å². The molecule has 8 nitrogen and oxygen atoms in total. The van der Waals surface area contributed by atoms with E-state index in [9.17, 15) is 18.8 Å². The molecule has 33 heavy (non-hydrogen) atoms. The van der Waals surface area contributed by atoms with E-state index in [0.717, 1.165) is 10.4 Å². The Morgan fingerprint density at radius 2 is 1.76 bits per heavy atom. The molecule has 1 unspecified atom stereocenters. The van der Waals surface area contributed by atoms with Crippen molar-refractivity contribution >= 4 is 45.5 Å².